The molecule has 14 heteroatoms. The second kappa shape index (κ2) is 5.89. The highest BCUT2D eigenvalue weighted by Crippen LogP contribution is 2.38. The highest BCUT2D eigenvalue weighted by atomic mass is 31.2. The first-order valence-corrected chi connectivity index (χ1v) is 8.11. The van der Waals surface area contributed by atoms with Gasteiger partial charge in [0, 0.05) is 0 Å². The number of nitrogens with zero attached hydrogens (tertiary/aromatic N) is 2. The predicted octanol–water partition coefficient (Wildman–Crippen LogP) is -2.86. The molecule has 0 unspecified atom stereocenters. The summed E-state index contributed by atoms with van der Waals surface area (Å²) in [4.78, 5) is 48.5. The van der Waals surface area contributed by atoms with Crippen molar-refractivity contribution < 1.29 is 33.8 Å². The summed E-state index contributed by atoms with van der Waals surface area (Å²) in [5.41, 5.74) is -1.71. The van der Waals surface area contributed by atoms with E-state index in [9.17, 15) is 24.4 Å². The van der Waals surface area contributed by atoms with Gasteiger partial charge in [-0.05, 0) is 0 Å². The smallest absolute Gasteiger partial charge is 0.387 e. The number of phosphoric acid groups is 1. The Balaban J connectivity index is 1.92. The number of imidazole rings is 1. The van der Waals surface area contributed by atoms with Gasteiger partial charge in [-0.3, -0.25) is 23.9 Å². The molecule has 1 aliphatic rings. The van der Waals surface area contributed by atoms with E-state index in [0.717, 1.165) is 10.9 Å². The van der Waals surface area contributed by atoms with Crippen molar-refractivity contribution in [1.82, 2.24) is 19.5 Å². The van der Waals surface area contributed by atoms with Gasteiger partial charge in [-0.25, -0.2) is 14.3 Å². The maximum absolute atomic E-state index is 11.6. The van der Waals surface area contributed by atoms with Crippen LogP contribution >= 0.6 is 7.82 Å². The summed E-state index contributed by atoms with van der Waals surface area (Å²) in [6.45, 7) is -0.678. The van der Waals surface area contributed by atoms with Gasteiger partial charge in [0.2, 0.25) is 0 Å². The molecule has 1 saturated heterocycles. The Morgan fingerprint density at radius 3 is 2.67 bits per heavy atom. The summed E-state index contributed by atoms with van der Waals surface area (Å²) >= 11 is 0. The molecule has 24 heavy (non-hydrogen) atoms. The standard InChI is InChI=1S/C10H13N4O9P/c15-5-3(1-22-24(19,20)21)23-9(6(5)16)14-2-11-4-7(14)12-10(18)13-8(4)17/h2-3,5-6,9,15-16H,1H2,(H2,19,20,21)(H2,12,13,17,18)/t3-,5-,6-,9-/m0/s1. The molecular formula is C10H13N4O9P. The molecular weight excluding hydrogens is 351 g/mol. The molecule has 0 saturated carbocycles. The van der Waals surface area contributed by atoms with Crippen LogP contribution in [0.1, 0.15) is 6.23 Å². The minimum absolute atomic E-state index is 0.0449. The number of H-pyrrole nitrogens is 2. The lowest BCUT2D eigenvalue weighted by atomic mass is 10.1. The number of aromatic nitrogens is 4. The van der Waals surface area contributed by atoms with Crippen LogP contribution in [0.5, 0.6) is 0 Å². The highest BCUT2D eigenvalue weighted by Gasteiger charge is 2.45. The largest absolute Gasteiger partial charge is 0.469 e. The Morgan fingerprint density at radius 1 is 1.29 bits per heavy atom. The SMILES string of the molecule is O=c1[nH]c(=O)c2ncn([C@H]3O[C@@H](COP(=O)(O)O)[C@H](O)[C@@H]3O)c2[nH]1. The first kappa shape index (κ1) is 17.0. The Morgan fingerprint density at radius 2 is 2.00 bits per heavy atom. The van der Waals surface area contributed by atoms with E-state index in [1.54, 1.807) is 0 Å². The van der Waals surface area contributed by atoms with Gasteiger partial charge in [0.1, 0.15) is 24.0 Å². The van der Waals surface area contributed by atoms with E-state index >= 15 is 0 Å². The van der Waals surface area contributed by atoms with Gasteiger partial charge in [-0.15, -0.1) is 0 Å². The summed E-state index contributed by atoms with van der Waals surface area (Å²) in [6.07, 6.45) is -4.43. The van der Waals surface area contributed by atoms with Crippen LogP contribution in [0.15, 0.2) is 15.9 Å². The number of rotatable bonds is 4. The molecule has 4 atom stereocenters. The molecule has 1 aliphatic heterocycles. The zero-order valence-corrected chi connectivity index (χ0v) is 12.7. The number of fused-ring (bicyclic) bond motifs is 1. The lowest BCUT2D eigenvalue weighted by Gasteiger charge is -2.16. The van der Waals surface area contributed by atoms with Crippen LogP contribution in [0.4, 0.5) is 0 Å². The van der Waals surface area contributed by atoms with E-state index in [1.807, 2.05) is 4.98 Å². The van der Waals surface area contributed by atoms with Crippen molar-refractivity contribution in [2.24, 2.45) is 0 Å². The number of hydrogen-bond acceptors (Lipinski definition) is 8. The monoisotopic (exact) mass is 364 g/mol. The van der Waals surface area contributed by atoms with Crippen LogP contribution in [0, 0.1) is 0 Å². The molecule has 132 valence electrons. The average molecular weight is 364 g/mol. The number of aliphatic hydroxyl groups excluding tert-OH is 2. The minimum Gasteiger partial charge on any atom is -0.387 e. The van der Waals surface area contributed by atoms with Gasteiger partial charge in [0.05, 0.1) is 12.9 Å². The van der Waals surface area contributed by atoms with Crippen LogP contribution in [0.3, 0.4) is 0 Å². The van der Waals surface area contributed by atoms with Crippen molar-refractivity contribution >= 4 is 19.0 Å². The Labute approximate surface area is 131 Å². The Kier molecular flexibility index (Phi) is 4.17. The zero-order valence-electron chi connectivity index (χ0n) is 11.8. The van der Waals surface area contributed by atoms with E-state index in [1.165, 1.54) is 0 Å². The number of hydrogen-bond donors (Lipinski definition) is 6. The third-order valence-electron chi connectivity index (χ3n) is 3.49. The second-order valence-corrected chi connectivity index (χ2v) is 6.33. The lowest BCUT2D eigenvalue weighted by Crippen LogP contribution is -2.33. The first-order valence-electron chi connectivity index (χ1n) is 6.58. The molecule has 1 fully saturated rings. The Hall–Kier alpha value is -1.86. The maximum atomic E-state index is 11.6. The van der Waals surface area contributed by atoms with Crippen molar-refractivity contribution in [3.63, 3.8) is 0 Å². The third kappa shape index (κ3) is 3.06. The first-order chi connectivity index (χ1) is 11.2. The minimum atomic E-state index is -4.78. The van der Waals surface area contributed by atoms with Crippen LogP contribution in [0.25, 0.3) is 11.2 Å². The zero-order chi connectivity index (χ0) is 17.6. The van der Waals surface area contributed by atoms with Crippen molar-refractivity contribution in [3.05, 3.63) is 27.2 Å². The number of ether oxygens (including phenoxy) is 1. The molecule has 3 rings (SSSR count). The molecule has 0 aliphatic carbocycles. The van der Waals surface area contributed by atoms with E-state index in [4.69, 9.17) is 14.5 Å². The molecule has 0 amide bonds. The van der Waals surface area contributed by atoms with Crippen molar-refractivity contribution in [3.8, 4) is 0 Å². The summed E-state index contributed by atoms with van der Waals surface area (Å²) in [5.74, 6) is 0. The van der Waals surface area contributed by atoms with E-state index < -0.39 is 50.2 Å². The van der Waals surface area contributed by atoms with Crippen LogP contribution in [-0.4, -0.2) is 64.4 Å². The van der Waals surface area contributed by atoms with Gasteiger partial charge < -0.3 is 24.7 Å². The number of aromatic amines is 2. The van der Waals surface area contributed by atoms with Gasteiger partial charge in [-0.1, -0.05) is 0 Å². The van der Waals surface area contributed by atoms with Crippen LogP contribution in [0.2, 0.25) is 0 Å². The topological polar surface area (TPSA) is 200 Å². The van der Waals surface area contributed by atoms with E-state index in [-0.39, 0.29) is 11.2 Å². The van der Waals surface area contributed by atoms with Gasteiger partial charge in [0.25, 0.3) is 5.56 Å². The molecule has 3 heterocycles. The van der Waals surface area contributed by atoms with E-state index in [0.29, 0.717) is 0 Å². The summed E-state index contributed by atoms with van der Waals surface area (Å²) < 4.78 is 21.4. The van der Waals surface area contributed by atoms with Gasteiger partial charge in [-0.2, -0.15) is 0 Å². The molecule has 0 bridgehead atoms. The molecule has 0 radical (unpaired) electrons. The number of aliphatic hydroxyl groups is 2. The fourth-order valence-electron chi connectivity index (χ4n) is 2.41. The predicted molar refractivity (Wildman–Crippen MR) is 74.9 cm³/mol. The molecule has 6 N–H and O–H groups in total. The molecule has 0 spiro atoms. The number of nitrogens with one attached hydrogen (secondary N) is 2. The normalized spacial score (nSPS) is 27.8. The maximum Gasteiger partial charge on any atom is 0.469 e. The molecule has 2 aromatic heterocycles. The summed E-state index contributed by atoms with van der Waals surface area (Å²) in [5, 5.41) is 20.0. The van der Waals surface area contributed by atoms with Crippen molar-refractivity contribution in [1.29, 1.82) is 0 Å². The highest BCUT2D eigenvalue weighted by molar-refractivity contribution is 7.46. The fraction of sp³-hybridized carbons (Fsp3) is 0.500. The van der Waals surface area contributed by atoms with Crippen molar-refractivity contribution in [2.75, 3.05) is 6.61 Å². The Bertz CT molecular complexity index is 913. The molecule has 13 nitrogen and oxygen atoms in total. The van der Waals surface area contributed by atoms with Gasteiger partial charge in [0.15, 0.2) is 11.7 Å². The van der Waals surface area contributed by atoms with Crippen LogP contribution in [-0.2, 0) is 13.8 Å². The summed E-state index contributed by atoms with van der Waals surface area (Å²) in [7, 11) is -4.78. The quantitative estimate of drug-likeness (QED) is 0.307. The summed E-state index contributed by atoms with van der Waals surface area (Å²) in [6, 6.07) is 0. The lowest BCUT2D eigenvalue weighted by molar-refractivity contribution is -0.0504. The third-order valence-corrected chi connectivity index (χ3v) is 3.97. The van der Waals surface area contributed by atoms with E-state index in [2.05, 4.69) is 14.5 Å². The molecule has 0 aromatic carbocycles. The van der Waals surface area contributed by atoms with Crippen LogP contribution < -0.4 is 11.2 Å². The van der Waals surface area contributed by atoms with Gasteiger partial charge >= 0.3 is 13.5 Å². The number of phosphoric ester groups is 1. The average Bonchev–Trinajstić information content (AvgIpc) is 3.00. The second-order valence-electron chi connectivity index (χ2n) is 5.09. The van der Waals surface area contributed by atoms with Crippen molar-refractivity contribution in [2.45, 2.75) is 24.5 Å². The fourth-order valence-corrected chi connectivity index (χ4v) is 2.75. The molecule has 2 aromatic rings.